The van der Waals surface area contributed by atoms with Crippen molar-refractivity contribution in [3.63, 3.8) is 0 Å². The number of anilines is 1. The number of ether oxygens (including phenoxy) is 1. The minimum atomic E-state index is -4.62. The average molecular weight is 604 g/mol. The predicted octanol–water partition coefficient (Wildman–Crippen LogP) is 6.77. The molecule has 1 atom stereocenters. The van der Waals surface area contributed by atoms with E-state index in [0.717, 1.165) is 16.7 Å². The first-order valence-electron chi connectivity index (χ1n) is 12.2. The van der Waals surface area contributed by atoms with E-state index in [1.165, 1.54) is 28.6 Å². The van der Waals surface area contributed by atoms with Gasteiger partial charge in [-0.25, -0.2) is 13.4 Å². The smallest absolute Gasteiger partial charge is 0.417 e. The number of benzene rings is 2. The van der Waals surface area contributed by atoms with Crippen molar-refractivity contribution in [1.29, 1.82) is 0 Å². The summed E-state index contributed by atoms with van der Waals surface area (Å²) in [6.07, 6.45) is -0.571. The maximum atomic E-state index is 13.7. The molecule has 1 unspecified atom stereocenters. The van der Waals surface area contributed by atoms with E-state index in [1.54, 1.807) is 30.6 Å². The van der Waals surface area contributed by atoms with E-state index in [4.69, 9.17) is 16.3 Å². The third-order valence-electron chi connectivity index (χ3n) is 6.58. The molecule has 0 saturated heterocycles. The number of fused-ring (bicyclic) bond motifs is 1. The molecule has 1 aliphatic rings. The van der Waals surface area contributed by atoms with Crippen LogP contribution in [0.4, 0.5) is 18.9 Å². The van der Waals surface area contributed by atoms with Crippen molar-refractivity contribution in [3.05, 3.63) is 95.4 Å². The van der Waals surface area contributed by atoms with Crippen molar-refractivity contribution >= 4 is 33.3 Å². The van der Waals surface area contributed by atoms with Gasteiger partial charge in [0.25, 0.3) is 10.0 Å². The van der Waals surface area contributed by atoms with E-state index >= 15 is 0 Å². The molecule has 1 N–H and O–H groups in total. The number of halogens is 4. The Balaban J connectivity index is 1.41. The number of hydrogen-bond donors (Lipinski definition) is 1. The number of carboxylic acid groups (broad SMARTS) is 1. The van der Waals surface area contributed by atoms with Gasteiger partial charge in [0.1, 0.15) is 10.8 Å². The highest BCUT2D eigenvalue weighted by molar-refractivity contribution is 7.92. The van der Waals surface area contributed by atoms with Crippen LogP contribution >= 0.6 is 11.6 Å². The molecular weight excluding hydrogens is 583 g/mol. The van der Waals surface area contributed by atoms with Crippen molar-refractivity contribution in [3.8, 4) is 22.8 Å². The number of hydrogen-bond acceptors (Lipinski definition) is 6. The van der Waals surface area contributed by atoms with Gasteiger partial charge in [-0.15, -0.1) is 0 Å². The Bertz CT molecular complexity index is 1700. The SMILES string of the molecule is O=C(O)CCC1CN(S(=O)(=O)c2ccc(Oc3ncc(C(F)(F)F)cc3Cl)cc2)c2ccc(-c3cccnc3)cc21. The minimum Gasteiger partial charge on any atom is -0.481 e. The third kappa shape index (κ3) is 5.98. The van der Waals surface area contributed by atoms with E-state index in [1.807, 2.05) is 12.1 Å². The summed E-state index contributed by atoms with van der Waals surface area (Å²) in [6.45, 7) is 0.0603. The van der Waals surface area contributed by atoms with E-state index in [9.17, 15) is 31.5 Å². The molecule has 4 aromatic rings. The van der Waals surface area contributed by atoms with Crippen LogP contribution in [0.15, 0.2) is 84.1 Å². The van der Waals surface area contributed by atoms with Gasteiger partial charge in [-0.2, -0.15) is 13.2 Å². The fraction of sp³-hybridized carbons (Fsp3) is 0.179. The van der Waals surface area contributed by atoms with E-state index in [2.05, 4.69) is 9.97 Å². The molecule has 0 bridgehead atoms. The van der Waals surface area contributed by atoms with E-state index in [0.29, 0.717) is 18.0 Å². The molecular formula is C28H21ClF3N3O5S. The number of nitrogens with zero attached hydrogens (tertiary/aromatic N) is 3. The van der Waals surface area contributed by atoms with Gasteiger partial charge in [-0.3, -0.25) is 14.1 Å². The van der Waals surface area contributed by atoms with Crippen molar-refractivity contribution in [2.75, 3.05) is 10.8 Å². The first-order valence-corrected chi connectivity index (χ1v) is 14.0. The molecule has 2 aromatic heterocycles. The van der Waals surface area contributed by atoms with Crippen LogP contribution in [0, 0.1) is 0 Å². The zero-order chi connectivity index (χ0) is 29.4. The Morgan fingerprint density at radius 3 is 2.46 bits per heavy atom. The van der Waals surface area contributed by atoms with Crippen LogP contribution in [0.2, 0.25) is 5.02 Å². The second kappa shape index (κ2) is 11.0. The Labute approximate surface area is 238 Å². The number of carbonyl (C=O) groups is 1. The van der Waals surface area contributed by atoms with Gasteiger partial charge in [0.15, 0.2) is 0 Å². The Kier molecular flexibility index (Phi) is 7.62. The molecule has 0 fully saturated rings. The molecule has 212 valence electrons. The highest BCUT2D eigenvalue weighted by Gasteiger charge is 2.37. The number of carboxylic acids is 1. The predicted molar refractivity (Wildman–Crippen MR) is 145 cm³/mol. The quantitative estimate of drug-likeness (QED) is 0.237. The maximum absolute atomic E-state index is 13.7. The fourth-order valence-corrected chi connectivity index (χ4v) is 6.31. The number of aromatic nitrogens is 2. The summed E-state index contributed by atoms with van der Waals surface area (Å²) in [7, 11) is -4.07. The molecule has 8 nitrogen and oxygen atoms in total. The van der Waals surface area contributed by atoms with Crippen molar-refractivity contribution < 1.29 is 36.2 Å². The van der Waals surface area contributed by atoms with Gasteiger partial charge in [-0.05, 0) is 71.6 Å². The molecule has 0 saturated carbocycles. The van der Waals surface area contributed by atoms with Crippen LogP contribution in [-0.4, -0.2) is 36.0 Å². The van der Waals surface area contributed by atoms with Crippen LogP contribution in [0.25, 0.3) is 11.1 Å². The second-order valence-electron chi connectivity index (χ2n) is 9.26. The lowest BCUT2D eigenvalue weighted by atomic mass is 9.93. The monoisotopic (exact) mass is 603 g/mol. The highest BCUT2D eigenvalue weighted by Crippen LogP contribution is 2.44. The number of alkyl halides is 3. The van der Waals surface area contributed by atoms with Gasteiger partial charge >= 0.3 is 12.1 Å². The van der Waals surface area contributed by atoms with Gasteiger partial charge in [0.05, 0.1) is 16.1 Å². The summed E-state index contributed by atoms with van der Waals surface area (Å²) in [4.78, 5) is 19.0. The average Bonchev–Trinajstić information content (AvgIpc) is 3.32. The molecule has 0 radical (unpaired) electrons. The highest BCUT2D eigenvalue weighted by atomic mass is 35.5. The Morgan fingerprint density at radius 1 is 1.07 bits per heavy atom. The van der Waals surface area contributed by atoms with Crippen molar-refractivity contribution in [2.45, 2.75) is 29.8 Å². The fourth-order valence-electron chi connectivity index (χ4n) is 4.56. The summed E-state index contributed by atoms with van der Waals surface area (Å²) in [5.74, 6) is -1.48. The molecule has 2 aromatic carbocycles. The van der Waals surface area contributed by atoms with Crippen LogP contribution in [-0.2, 0) is 21.0 Å². The summed E-state index contributed by atoms with van der Waals surface area (Å²) in [6, 6.07) is 15.0. The standard InChI is InChI=1S/C28H21ClF3N3O5S/c29-24-13-20(28(30,31)32)15-34-27(24)40-21-5-7-22(8-6-21)41(38,39)35-16-19(4-10-26(36)37)23-12-17(3-9-25(23)35)18-2-1-11-33-14-18/h1-3,5-9,11-15,19H,4,10,16H2,(H,36,37). The number of rotatable bonds is 8. The summed E-state index contributed by atoms with van der Waals surface area (Å²) >= 11 is 5.90. The molecule has 3 heterocycles. The lowest BCUT2D eigenvalue weighted by Crippen LogP contribution is -2.30. The zero-order valence-electron chi connectivity index (χ0n) is 21.0. The minimum absolute atomic E-state index is 0.0579. The zero-order valence-corrected chi connectivity index (χ0v) is 22.6. The second-order valence-corrected chi connectivity index (χ2v) is 11.5. The number of pyridine rings is 2. The van der Waals surface area contributed by atoms with Crippen LogP contribution < -0.4 is 9.04 Å². The normalized spacial score (nSPS) is 15.0. The summed E-state index contributed by atoms with van der Waals surface area (Å²) in [5, 5.41) is 8.88. The first kappa shape index (κ1) is 28.4. The molecule has 1 aliphatic heterocycles. The Hall–Kier alpha value is -4.16. The molecule has 13 heteroatoms. The van der Waals surface area contributed by atoms with Crippen LogP contribution in [0.1, 0.15) is 29.9 Å². The van der Waals surface area contributed by atoms with E-state index < -0.39 is 27.7 Å². The van der Waals surface area contributed by atoms with Gasteiger partial charge in [0.2, 0.25) is 5.88 Å². The summed E-state index contributed by atoms with van der Waals surface area (Å²) in [5.41, 5.74) is 1.81. The van der Waals surface area contributed by atoms with Crippen LogP contribution in [0.5, 0.6) is 11.6 Å². The molecule has 5 rings (SSSR count). The van der Waals surface area contributed by atoms with Gasteiger partial charge in [0, 0.05) is 37.5 Å². The largest absolute Gasteiger partial charge is 0.481 e. The molecule has 41 heavy (non-hydrogen) atoms. The first-order chi connectivity index (χ1) is 19.4. The van der Waals surface area contributed by atoms with E-state index in [-0.39, 0.29) is 46.9 Å². The molecule has 0 spiro atoms. The van der Waals surface area contributed by atoms with Crippen LogP contribution in [0.3, 0.4) is 0 Å². The lowest BCUT2D eigenvalue weighted by Gasteiger charge is -2.20. The number of sulfonamides is 1. The van der Waals surface area contributed by atoms with Crippen molar-refractivity contribution in [2.24, 2.45) is 0 Å². The molecule has 0 amide bonds. The summed E-state index contributed by atoms with van der Waals surface area (Å²) < 4.78 is 72.8. The lowest BCUT2D eigenvalue weighted by molar-refractivity contribution is -0.138. The Morgan fingerprint density at radius 2 is 1.83 bits per heavy atom. The van der Waals surface area contributed by atoms with Gasteiger partial charge < -0.3 is 9.84 Å². The maximum Gasteiger partial charge on any atom is 0.417 e. The van der Waals surface area contributed by atoms with Gasteiger partial charge in [-0.1, -0.05) is 23.7 Å². The number of aliphatic carboxylic acids is 1. The molecule has 0 aliphatic carbocycles. The topological polar surface area (TPSA) is 110 Å². The third-order valence-corrected chi connectivity index (χ3v) is 8.65. The van der Waals surface area contributed by atoms with Crippen molar-refractivity contribution in [1.82, 2.24) is 9.97 Å².